The average Bonchev–Trinajstić information content (AvgIpc) is 2.47. The highest BCUT2D eigenvalue weighted by Gasteiger charge is 2.10. The molecule has 0 fully saturated rings. The summed E-state index contributed by atoms with van der Waals surface area (Å²) in [7, 11) is 0. The van der Waals surface area contributed by atoms with E-state index in [0.717, 1.165) is 25.8 Å². The minimum atomic E-state index is -0.923. The van der Waals surface area contributed by atoms with Crippen molar-refractivity contribution in [3.63, 3.8) is 0 Å². The maximum atomic E-state index is 10.8. The second-order valence-electron chi connectivity index (χ2n) is 3.25. The van der Waals surface area contributed by atoms with Crippen molar-refractivity contribution in [3.05, 3.63) is 23.0 Å². The molecule has 1 N–H and O–H groups in total. The van der Waals surface area contributed by atoms with E-state index in [1.165, 1.54) is 6.07 Å². The standard InChI is InChI=1S/C10H14ClNO2/c1-2-3-4-5-12-7-8(11)6-9(12)10(13)14/h6-7H,2-5H2,1H3,(H,13,14). The summed E-state index contributed by atoms with van der Waals surface area (Å²) in [5, 5.41) is 9.34. The lowest BCUT2D eigenvalue weighted by molar-refractivity contribution is 0.0685. The van der Waals surface area contributed by atoms with E-state index in [2.05, 4.69) is 6.92 Å². The van der Waals surface area contributed by atoms with Crippen molar-refractivity contribution in [3.8, 4) is 0 Å². The van der Waals surface area contributed by atoms with Gasteiger partial charge in [0.25, 0.3) is 0 Å². The molecule has 1 aromatic heterocycles. The van der Waals surface area contributed by atoms with Gasteiger partial charge in [-0.3, -0.25) is 0 Å². The predicted molar refractivity (Wildman–Crippen MR) is 55.9 cm³/mol. The number of carbonyl (C=O) groups is 1. The molecule has 1 heterocycles. The second kappa shape index (κ2) is 5.05. The largest absolute Gasteiger partial charge is 0.477 e. The fraction of sp³-hybridized carbons (Fsp3) is 0.500. The maximum Gasteiger partial charge on any atom is 0.352 e. The molecule has 78 valence electrons. The van der Waals surface area contributed by atoms with Gasteiger partial charge in [-0.25, -0.2) is 4.79 Å². The third kappa shape index (κ3) is 2.77. The fourth-order valence-electron chi connectivity index (χ4n) is 1.37. The summed E-state index contributed by atoms with van der Waals surface area (Å²) in [6.45, 7) is 2.84. The molecule has 0 bridgehead atoms. The quantitative estimate of drug-likeness (QED) is 0.768. The number of carboxylic acid groups (broad SMARTS) is 1. The zero-order valence-electron chi connectivity index (χ0n) is 8.16. The van der Waals surface area contributed by atoms with E-state index in [-0.39, 0.29) is 5.69 Å². The van der Waals surface area contributed by atoms with Crippen LogP contribution in [0.25, 0.3) is 0 Å². The molecule has 1 rings (SSSR count). The molecule has 0 spiro atoms. The average molecular weight is 216 g/mol. The van der Waals surface area contributed by atoms with Crippen molar-refractivity contribution >= 4 is 17.6 Å². The first kappa shape index (κ1) is 11.1. The summed E-state index contributed by atoms with van der Waals surface area (Å²) in [6.07, 6.45) is 4.88. The van der Waals surface area contributed by atoms with E-state index >= 15 is 0 Å². The SMILES string of the molecule is CCCCCn1cc(Cl)cc1C(=O)O. The first-order valence-electron chi connectivity index (χ1n) is 4.74. The third-order valence-electron chi connectivity index (χ3n) is 2.08. The van der Waals surface area contributed by atoms with Crippen LogP contribution in [-0.2, 0) is 6.54 Å². The molecule has 14 heavy (non-hydrogen) atoms. The molecule has 0 aliphatic carbocycles. The van der Waals surface area contributed by atoms with Gasteiger partial charge in [-0.15, -0.1) is 0 Å². The molecule has 1 aromatic rings. The van der Waals surface area contributed by atoms with Crippen molar-refractivity contribution in [2.24, 2.45) is 0 Å². The zero-order chi connectivity index (χ0) is 10.6. The number of hydrogen-bond acceptors (Lipinski definition) is 1. The van der Waals surface area contributed by atoms with Crippen LogP contribution in [-0.4, -0.2) is 15.6 Å². The van der Waals surface area contributed by atoms with Gasteiger partial charge in [0, 0.05) is 12.7 Å². The van der Waals surface area contributed by atoms with Crippen LogP contribution in [0.5, 0.6) is 0 Å². The van der Waals surface area contributed by atoms with E-state index in [4.69, 9.17) is 16.7 Å². The van der Waals surface area contributed by atoms with Crippen LogP contribution < -0.4 is 0 Å². The monoisotopic (exact) mass is 215 g/mol. The topological polar surface area (TPSA) is 42.2 Å². The molecule has 0 aliphatic rings. The van der Waals surface area contributed by atoms with Gasteiger partial charge in [0.15, 0.2) is 0 Å². The Labute approximate surface area is 88.3 Å². The highest BCUT2D eigenvalue weighted by molar-refractivity contribution is 6.30. The number of carboxylic acids is 1. The number of rotatable bonds is 5. The molecule has 0 unspecified atom stereocenters. The molecular formula is C10H14ClNO2. The first-order valence-corrected chi connectivity index (χ1v) is 5.12. The van der Waals surface area contributed by atoms with E-state index < -0.39 is 5.97 Å². The molecule has 0 atom stereocenters. The predicted octanol–water partition coefficient (Wildman–Crippen LogP) is 3.03. The minimum absolute atomic E-state index is 0.270. The highest BCUT2D eigenvalue weighted by atomic mass is 35.5. The van der Waals surface area contributed by atoms with Crippen molar-refractivity contribution in [1.82, 2.24) is 4.57 Å². The van der Waals surface area contributed by atoms with Gasteiger partial charge in [0.1, 0.15) is 5.69 Å². The molecule has 0 aliphatic heterocycles. The molecule has 0 amide bonds. The smallest absolute Gasteiger partial charge is 0.352 e. The molecule has 0 aromatic carbocycles. The minimum Gasteiger partial charge on any atom is -0.477 e. The number of hydrogen-bond donors (Lipinski definition) is 1. The summed E-state index contributed by atoms with van der Waals surface area (Å²) >= 11 is 5.74. The van der Waals surface area contributed by atoms with E-state index in [9.17, 15) is 4.79 Å². The van der Waals surface area contributed by atoms with E-state index in [0.29, 0.717) is 5.02 Å². The summed E-state index contributed by atoms with van der Waals surface area (Å²) in [4.78, 5) is 10.8. The van der Waals surface area contributed by atoms with Crippen molar-refractivity contribution in [2.75, 3.05) is 0 Å². The maximum absolute atomic E-state index is 10.8. The lowest BCUT2D eigenvalue weighted by Gasteiger charge is -2.04. The summed E-state index contributed by atoms with van der Waals surface area (Å²) in [5.41, 5.74) is 0.270. The second-order valence-corrected chi connectivity index (χ2v) is 3.69. The third-order valence-corrected chi connectivity index (χ3v) is 2.29. The Hall–Kier alpha value is -0.960. The molecular weight excluding hydrogens is 202 g/mol. The Morgan fingerprint density at radius 3 is 2.86 bits per heavy atom. The van der Waals surface area contributed by atoms with Crippen molar-refractivity contribution in [2.45, 2.75) is 32.7 Å². The number of aromatic carboxylic acids is 1. The molecule has 0 radical (unpaired) electrons. The number of aryl methyl sites for hydroxylation is 1. The van der Waals surface area contributed by atoms with Crippen LogP contribution in [0.2, 0.25) is 5.02 Å². The van der Waals surface area contributed by atoms with E-state index in [1.807, 2.05) is 0 Å². The Balaban J connectivity index is 2.69. The Morgan fingerprint density at radius 1 is 1.57 bits per heavy atom. The lowest BCUT2D eigenvalue weighted by Crippen LogP contribution is -2.07. The van der Waals surface area contributed by atoms with Gasteiger partial charge in [0.2, 0.25) is 0 Å². The summed E-state index contributed by atoms with van der Waals surface area (Å²) < 4.78 is 1.69. The normalized spacial score (nSPS) is 10.4. The van der Waals surface area contributed by atoms with Crippen LogP contribution in [0.15, 0.2) is 12.3 Å². The van der Waals surface area contributed by atoms with Crippen molar-refractivity contribution < 1.29 is 9.90 Å². The molecule has 4 heteroatoms. The van der Waals surface area contributed by atoms with Crippen LogP contribution in [0, 0.1) is 0 Å². The Bertz CT molecular complexity index is 320. The van der Waals surface area contributed by atoms with Gasteiger partial charge in [-0.1, -0.05) is 31.4 Å². The molecule has 3 nitrogen and oxygen atoms in total. The number of aromatic nitrogens is 1. The van der Waals surface area contributed by atoms with Gasteiger partial charge >= 0.3 is 5.97 Å². The first-order chi connectivity index (χ1) is 6.65. The molecule has 0 saturated heterocycles. The van der Waals surface area contributed by atoms with Crippen LogP contribution in [0.4, 0.5) is 0 Å². The lowest BCUT2D eigenvalue weighted by atomic mass is 10.2. The van der Waals surface area contributed by atoms with E-state index in [1.54, 1.807) is 10.8 Å². The fourth-order valence-corrected chi connectivity index (χ4v) is 1.59. The van der Waals surface area contributed by atoms with Gasteiger partial charge < -0.3 is 9.67 Å². The summed E-state index contributed by atoms with van der Waals surface area (Å²) in [5.74, 6) is -0.923. The van der Waals surface area contributed by atoms with Gasteiger partial charge in [0.05, 0.1) is 5.02 Å². The van der Waals surface area contributed by atoms with Crippen LogP contribution >= 0.6 is 11.6 Å². The number of unbranched alkanes of at least 4 members (excludes halogenated alkanes) is 2. The highest BCUT2D eigenvalue weighted by Crippen LogP contribution is 2.15. The van der Waals surface area contributed by atoms with Crippen molar-refractivity contribution in [1.29, 1.82) is 0 Å². The Kier molecular flexibility index (Phi) is 4.01. The van der Waals surface area contributed by atoms with Crippen LogP contribution in [0.3, 0.4) is 0 Å². The Morgan fingerprint density at radius 2 is 2.29 bits per heavy atom. The zero-order valence-corrected chi connectivity index (χ0v) is 8.92. The molecule has 0 saturated carbocycles. The number of halogens is 1. The van der Waals surface area contributed by atoms with Gasteiger partial charge in [-0.05, 0) is 12.5 Å². The van der Waals surface area contributed by atoms with Gasteiger partial charge in [-0.2, -0.15) is 0 Å². The summed E-state index contributed by atoms with van der Waals surface area (Å²) in [6, 6.07) is 1.48. The van der Waals surface area contributed by atoms with Crippen LogP contribution in [0.1, 0.15) is 36.7 Å². The number of nitrogens with zero attached hydrogens (tertiary/aromatic N) is 1.